The summed E-state index contributed by atoms with van der Waals surface area (Å²) >= 11 is 0. The van der Waals surface area contributed by atoms with Crippen molar-refractivity contribution in [2.75, 3.05) is 27.9 Å². The number of aryl methyl sites for hydroxylation is 1. The van der Waals surface area contributed by atoms with Crippen molar-refractivity contribution in [3.05, 3.63) is 17.7 Å². The van der Waals surface area contributed by atoms with Gasteiger partial charge < -0.3 is 24.3 Å². The molecule has 26 heavy (non-hydrogen) atoms. The van der Waals surface area contributed by atoms with Gasteiger partial charge >= 0.3 is 5.97 Å². The van der Waals surface area contributed by atoms with E-state index in [2.05, 4.69) is 5.32 Å². The lowest BCUT2D eigenvalue weighted by molar-refractivity contribution is -0.148. The summed E-state index contributed by atoms with van der Waals surface area (Å²) in [5.74, 6) is 1.12. The first-order valence-corrected chi connectivity index (χ1v) is 8.56. The van der Waals surface area contributed by atoms with E-state index in [9.17, 15) is 9.59 Å². The van der Waals surface area contributed by atoms with E-state index in [0.29, 0.717) is 29.6 Å². The Hall–Kier alpha value is -2.44. The molecule has 1 aromatic carbocycles. The van der Waals surface area contributed by atoms with E-state index in [1.165, 1.54) is 21.3 Å². The maximum atomic E-state index is 11.9. The van der Waals surface area contributed by atoms with Gasteiger partial charge in [-0.05, 0) is 37.0 Å². The van der Waals surface area contributed by atoms with Gasteiger partial charge in [0, 0.05) is 12.5 Å². The minimum atomic E-state index is -0.439. The van der Waals surface area contributed by atoms with Gasteiger partial charge in [0.1, 0.15) is 0 Å². The maximum absolute atomic E-state index is 11.9. The number of rotatable bonds is 10. The number of nitrogens with one attached hydrogen (secondary N) is 1. The van der Waals surface area contributed by atoms with Crippen LogP contribution in [0.2, 0.25) is 0 Å². The Morgan fingerprint density at radius 2 is 1.58 bits per heavy atom. The third-order valence-corrected chi connectivity index (χ3v) is 4.10. The Bertz CT molecular complexity index is 589. The summed E-state index contributed by atoms with van der Waals surface area (Å²) in [5, 5.41) is 2.79. The smallest absolute Gasteiger partial charge is 0.306 e. The molecule has 1 atom stereocenters. The molecule has 1 amide bonds. The molecule has 1 N–H and O–H groups in total. The fourth-order valence-electron chi connectivity index (χ4n) is 2.21. The first kappa shape index (κ1) is 21.6. The summed E-state index contributed by atoms with van der Waals surface area (Å²) in [6, 6.07) is 3.59. The molecule has 0 unspecified atom stereocenters. The fourth-order valence-corrected chi connectivity index (χ4v) is 2.21. The Kier molecular flexibility index (Phi) is 8.75. The summed E-state index contributed by atoms with van der Waals surface area (Å²) in [5.41, 5.74) is 0.842. The van der Waals surface area contributed by atoms with E-state index in [-0.39, 0.29) is 25.0 Å². The zero-order valence-electron chi connectivity index (χ0n) is 16.4. The van der Waals surface area contributed by atoms with Gasteiger partial charge in [0.2, 0.25) is 5.75 Å². The largest absolute Gasteiger partial charge is 0.493 e. The van der Waals surface area contributed by atoms with Crippen LogP contribution in [0.25, 0.3) is 0 Å². The molecule has 0 aromatic heterocycles. The molecule has 0 aliphatic carbocycles. The van der Waals surface area contributed by atoms with Gasteiger partial charge in [-0.3, -0.25) is 9.59 Å². The molecule has 0 spiro atoms. The van der Waals surface area contributed by atoms with Crippen molar-refractivity contribution in [2.24, 2.45) is 5.92 Å². The predicted molar refractivity (Wildman–Crippen MR) is 97.8 cm³/mol. The minimum absolute atomic E-state index is 0.0282. The maximum Gasteiger partial charge on any atom is 0.306 e. The van der Waals surface area contributed by atoms with Crippen LogP contribution in [-0.4, -0.2) is 45.9 Å². The van der Waals surface area contributed by atoms with Crippen LogP contribution < -0.4 is 19.5 Å². The Balaban J connectivity index is 2.56. The van der Waals surface area contributed by atoms with Crippen molar-refractivity contribution in [3.63, 3.8) is 0 Å². The van der Waals surface area contributed by atoms with Gasteiger partial charge in [0.05, 0.1) is 21.3 Å². The first-order chi connectivity index (χ1) is 12.3. The van der Waals surface area contributed by atoms with Crippen LogP contribution in [0.15, 0.2) is 12.1 Å². The van der Waals surface area contributed by atoms with Gasteiger partial charge in [-0.2, -0.15) is 0 Å². The number of carbonyl (C=O) groups excluding carboxylic acids is 2. The molecule has 146 valence electrons. The van der Waals surface area contributed by atoms with E-state index in [1.807, 2.05) is 20.8 Å². The van der Waals surface area contributed by atoms with Crippen molar-refractivity contribution in [1.82, 2.24) is 5.32 Å². The zero-order valence-corrected chi connectivity index (χ0v) is 16.4. The lowest BCUT2D eigenvalue weighted by atomic mass is 10.1. The van der Waals surface area contributed by atoms with Crippen LogP contribution in [0.4, 0.5) is 0 Å². The van der Waals surface area contributed by atoms with E-state index in [1.54, 1.807) is 12.1 Å². The van der Waals surface area contributed by atoms with Crippen molar-refractivity contribution in [1.29, 1.82) is 0 Å². The van der Waals surface area contributed by atoms with Crippen molar-refractivity contribution >= 4 is 11.9 Å². The molecule has 0 saturated heterocycles. The Morgan fingerprint density at radius 3 is 2.04 bits per heavy atom. The molecule has 0 fully saturated rings. The Morgan fingerprint density at radius 1 is 1.00 bits per heavy atom. The summed E-state index contributed by atoms with van der Waals surface area (Å²) in [4.78, 5) is 23.6. The van der Waals surface area contributed by atoms with Crippen molar-refractivity contribution in [3.8, 4) is 17.2 Å². The fraction of sp³-hybridized carbons (Fsp3) is 0.579. The molecule has 1 aromatic rings. The number of methoxy groups -OCH3 is 3. The lowest BCUT2D eigenvalue weighted by Gasteiger charge is -2.17. The van der Waals surface area contributed by atoms with E-state index < -0.39 is 5.97 Å². The molecule has 0 radical (unpaired) electrons. The van der Waals surface area contributed by atoms with Crippen LogP contribution in [0.5, 0.6) is 17.2 Å². The van der Waals surface area contributed by atoms with Crippen molar-refractivity contribution in [2.45, 2.75) is 39.7 Å². The first-order valence-electron chi connectivity index (χ1n) is 8.56. The van der Waals surface area contributed by atoms with Crippen LogP contribution >= 0.6 is 0 Å². The van der Waals surface area contributed by atoms with Gasteiger partial charge in [-0.15, -0.1) is 0 Å². The monoisotopic (exact) mass is 367 g/mol. The average Bonchev–Trinajstić information content (AvgIpc) is 2.63. The highest BCUT2D eigenvalue weighted by molar-refractivity contribution is 5.80. The second kappa shape index (κ2) is 10.5. The van der Waals surface area contributed by atoms with E-state index in [4.69, 9.17) is 18.9 Å². The number of esters is 1. The highest BCUT2D eigenvalue weighted by atomic mass is 16.5. The van der Waals surface area contributed by atoms with Gasteiger partial charge in [-0.1, -0.05) is 13.8 Å². The molecule has 7 nitrogen and oxygen atoms in total. The summed E-state index contributed by atoms with van der Waals surface area (Å²) in [6.07, 6.45) is 0.575. The average molecular weight is 367 g/mol. The van der Waals surface area contributed by atoms with Crippen LogP contribution in [0, 0.1) is 5.92 Å². The molecule has 0 bridgehead atoms. The normalized spacial score (nSPS) is 11.7. The summed E-state index contributed by atoms with van der Waals surface area (Å²) in [6.45, 7) is 5.66. The predicted octanol–water partition coefficient (Wildman–Crippen LogP) is 2.35. The Labute approximate surface area is 155 Å². The third kappa shape index (κ3) is 6.46. The van der Waals surface area contributed by atoms with Gasteiger partial charge in [0.25, 0.3) is 5.91 Å². The van der Waals surface area contributed by atoms with Crippen LogP contribution in [0.3, 0.4) is 0 Å². The number of hydrogen-bond donors (Lipinski definition) is 1. The molecular weight excluding hydrogens is 338 g/mol. The standard InChI is InChI=1S/C19H29NO6/c1-12(2)13(3)20-17(21)11-26-18(22)8-7-14-9-15(23-4)19(25-6)16(10-14)24-5/h9-10,12-13H,7-8,11H2,1-6H3,(H,20,21)/t13-/m0/s1. The molecule has 1 rings (SSSR count). The highest BCUT2D eigenvalue weighted by Crippen LogP contribution is 2.38. The molecule has 0 aliphatic heterocycles. The molecular formula is C19H29NO6. The quantitative estimate of drug-likeness (QED) is 0.639. The zero-order chi connectivity index (χ0) is 19.7. The molecule has 0 aliphatic rings. The number of hydrogen-bond acceptors (Lipinski definition) is 6. The molecule has 0 heterocycles. The number of amides is 1. The second-order valence-corrected chi connectivity index (χ2v) is 6.29. The van der Waals surface area contributed by atoms with E-state index >= 15 is 0 Å². The lowest BCUT2D eigenvalue weighted by Crippen LogP contribution is -2.38. The summed E-state index contributed by atoms with van der Waals surface area (Å²) in [7, 11) is 4.60. The van der Waals surface area contributed by atoms with Gasteiger partial charge in [0.15, 0.2) is 18.1 Å². The van der Waals surface area contributed by atoms with Crippen LogP contribution in [0.1, 0.15) is 32.8 Å². The number of ether oxygens (including phenoxy) is 4. The third-order valence-electron chi connectivity index (χ3n) is 4.10. The topological polar surface area (TPSA) is 83.1 Å². The van der Waals surface area contributed by atoms with Crippen LogP contribution in [-0.2, 0) is 20.7 Å². The highest BCUT2D eigenvalue weighted by Gasteiger charge is 2.15. The molecule has 7 heteroatoms. The SMILES string of the molecule is COc1cc(CCC(=O)OCC(=O)N[C@@H](C)C(C)C)cc(OC)c1OC. The number of carbonyl (C=O) groups is 2. The molecule has 0 saturated carbocycles. The number of benzene rings is 1. The van der Waals surface area contributed by atoms with Gasteiger partial charge in [-0.25, -0.2) is 0 Å². The minimum Gasteiger partial charge on any atom is -0.493 e. The summed E-state index contributed by atoms with van der Waals surface area (Å²) < 4.78 is 20.9. The second-order valence-electron chi connectivity index (χ2n) is 6.29. The van der Waals surface area contributed by atoms with E-state index in [0.717, 1.165) is 5.56 Å². The van der Waals surface area contributed by atoms with Crippen molar-refractivity contribution < 1.29 is 28.5 Å².